The van der Waals surface area contributed by atoms with Gasteiger partial charge in [0.15, 0.2) is 0 Å². The topological polar surface area (TPSA) is 66.5 Å². The van der Waals surface area contributed by atoms with Crippen molar-refractivity contribution >= 4 is 37.5 Å². The number of halogens is 2. The highest BCUT2D eigenvalue weighted by Crippen LogP contribution is 2.25. The number of amides is 1. The summed E-state index contributed by atoms with van der Waals surface area (Å²) in [4.78, 5) is 12.1. The number of aryl methyl sites for hydroxylation is 1. The molecular weight excluding hydrogens is 435 g/mol. The molecule has 0 spiro atoms. The number of anilines is 1. The van der Waals surface area contributed by atoms with Gasteiger partial charge in [-0.1, -0.05) is 28.4 Å². The number of piperidine rings is 1. The third-order valence-electron chi connectivity index (χ3n) is 4.57. The minimum Gasteiger partial charge on any atom is -0.322 e. The number of hydrogen-bond donors (Lipinski definition) is 1. The number of rotatable bonds is 4. The van der Waals surface area contributed by atoms with Gasteiger partial charge in [-0.3, -0.25) is 4.79 Å². The van der Waals surface area contributed by atoms with Gasteiger partial charge in [-0.2, -0.15) is 4.31 Å². The standard InChI is InChI=1S/C19H20BrFN2O3S/c1-13-5-7-15(20)12-17(13)22-19(24)14-6-8-16(21)18(11-14)27(25,26)23-9-3-2-4-10-23/h5-8,11-12H,2-4,9-10H2,1H3,(H,22,24). The molecule has 0 radical (unpaired) electrons. The first kappa shape index (κ1) is 20.0. The molecule has 1 N–H and O–H groups in total. The summed E-state index contributed by atoms with van der Waals surface area (Å²) in [6, 6.07) is 8.87. The summed E-state index contributed by atoms with van der Waals surface area (Å²) in [5.41, 5.74) is 1.54. The molecule has 1 aliphatic rings. The second-order valence-corrected chi connectivity index (χ2v) is 9.35. The predicted octanol–water partition coefficient (Wildman–Crippen LogP) is 4.32. The van der Waals surface area contributed by atoms with Gasteiger partial charge in [0.25, 0.3) is 5.91 Å². The van der Waals surface area contributed by atoms with Crippen molar-refractivity contribution in [2.75, 3.05) is 18.4 Å². The fourth-order valence-corrected chi connectivity index (χ4v) is 4.98. The van der Waals surface area contributed by atoms with Crippen LogP contribution in [-0.4, -0.2) is 31.7 Å². The van der Waals surface area contributed by atoms with Crippen molar-refractivity contribution in [3.8, 4) is 0 Å². The molecule has 0 atom stereocenters. The Morgan fingerprint density at radius 1 is 1.11 bits per heavy atom. The summed E-state index contributed by atoms with van der Waals surface area (Å²) in [5, 5.41) is 2.75. The molecule has 3 rings (SSSR count). The van der Waals surface area contributed by atoms with E-state index in [-0.39, 0.29) is 5.56 Å². The summed E-state index contributed by atoms with van der Waals surface area (Å²) in [7, 11) is -3.97. The Balaban J connectivity index is 1.90. The molecule has 0 aliphatic carbocycles. The van der Waals surface area contributed by atoms with Crippen LogP contribution in [0, 0.1) is 12.7 Å². The Kier molecular flexibility index (Phi) is 5.98. The van der Waals surface area contributed by atoms with Crippen LogP contribution in [0.3, 0.4) is 0 Å². The van der Waals surface area contributed by atoms with Crippen molar-refractivity contribution in [2.45, 2.75) is 31.1 Å². The van der Waals surface area contributed by atoms with Gasteiger partial charge in [-0.25, -0.2) is 12.8 Å². The van der Waals surface area contributed by atoms with Crippen LogP contribution in [0.25, 0.3) is 0 Å². The highest BCUT2D eigenvalue weighted by atomic mass is 79.9. The van der Waals surface area contributed by atoms with E-state index in [9.17, 15) is 17.6 Å². The number of nitrogens with zero attached hydrogens (tertiary/aromatic N) is 1. The van der Waals surface area contributed by atoms with Crippen molar-refractivity contribution in [3.05, 3.63) is 57.8 Å². The maximum absolute atomic E-state index is 14.3. The predicted molar refractivity (Wildman–Crippen MR) is 106 cm³/mol. The maximum atomic E-state index is 14.3. The summed E-state index contributed by atoms with van der Waals surface area (Å²) in [6.45, 7) is 2.59. The van der Waals surface area contributed by atoms with E-state index >= 15 is 0 Å². The van der Waals surface area contributed by atoms with Crippen molar-refractivity contribution in [1.29, 1.82) is 0 Å². The summed E-state index contributed by atoms with van der Waals surface area (Å²) < 4.78 is 41.9. The first-order chi connectivity index (χ1) is 12.8. The Labute approximate surface area is 166 Å². The number of carbonyl (C=O) groups excluding carboxylic acids is 1. The van der Waals surface area contributed by atoms with E-state index in [0.717, 1.165) is 41.4 Å². The maximum Gasteiger partial charge on any atom is 0.255 e. The summed E-state index contributed by atoms with van der Waals surface area (Å²) in [5.74, 6) is -1.35. The molecule has 1 aliphatic heterocycles. The zero-order valence-electron chi connectivity index (χ0n) is 14.8. The second-order valence-electron chi connectivity index (χ2n) is 6.52. The van der Waals surface area contributed by atoms with Gasteiger partial charge < -0.3 is 5.32 Å². The molecule has 0 bridgehead atoms. The average molecular weight is 455 g/mol. The van der Waals surface area contributed by atoms with E-state index in [1.165, 1.54) is 10.4 Å². The number of hydrogen-bond acceptors (Lipinski definition) is 3. The summed E-state index contributed by atoms with van der Waals surface area (Å²) >= 11 is 3.35. The van der Waals surface area contributed by atoms with Crippen LogP contribution in [0.2, 0.25) is 0 Å². The highest BCUT2D eigenvalue weighted by Gasteiger charge is 2.29. The van der Waals surface area contributed by atoms with Gasteiger partial charge in [-0.05, 0) is 55.7 Å². The largest absolute Gasteiger partial charge is 0.322 e. The van der Waals surface area contributed by atoms with E-state index in [4.69, 9.17) is 0 Å². The zero-order chi connectivity index (χ0) is 19.6. The molecule has 1 saturated heterocycles. The lowest BCUT2D eigenvalue weighted by molar-refractivity contribution is 0.102. The number of benzene rings is 2. The molecule has 144 valence electrons. The molecule has 0 saturated carbocycles. The Bertz CT molecular complexity index is 973. The van der Waals surface area contributed by atoms with E-state index in [2.05, 4.69) is 21.2 Å². The average Bonchev–Trinajstić information content (AvgIpc) is 2.65. The number of nitrogens with one attached hydrogen (secondary N) is 1. The summed E-state index contributed by atoms with van der Waals surface area (Å²) in [6.07, 6.45) is 2.47. The van der Waals surface area contributed by atoms with E-state index in [1.807, 2.05) is 19.1 Å². The fraction of sp³-hybridized carbons (Fsp3) is 0.316. The Hall–Kier alpha value is -1.77. The zero-order valence-corrected chi connectivity index (χ0v) is 17.2. The molecule has 2 aromatic rings. The van der Waals surface area contributed by atoms with Crippen LogP contribution in [0.1, 0.15) is 35.2 Å². The van der Waals surface area contributed by atoms with Gasteiger partial charge in [0.05, 0.1) is 0 Å². The van der Waals surface area contributed by atoms with E-state index in [0.29, 0.717) is 18.8 Å². The van der Waals surface area contributed by atoms with E-state index < -0.39 is 26.6 Å². The molecule has 8 heteroatoms. The van der Waals surface area contributed by atoms with Crippen molar-refractivity contribution < 1.29 is 17.6 Å². The molecule has 1 fully saturated rings. The monoisotopic (exact) mass is 454 g/mol. The van der Waals surface area contributed by atoms with Crippen molar-refractivity contribution in [1.82, 2.24) is 4.31 Å². The third-order valence-corrected chi connectivity index (χ3v) is 6.98. The van der Waals surface area contributed by atoms with Crippen molar-refractivity contribution in [3.63, 3.8) is 0 Å². The molecule has 5 nitrogen and oxygen atoms in total. The normalized spacial score (nSPS) is 15.5. The third kappa shape index (κ3) is 4.39. The molecule has 0 unspecified atom stereocenters. The Morgan fingerprint density at radius 2 is 1.81 bits per heavy atom. The van der Waals surface area contributed by atoms with E-state index in [1.54, 1.807) is 6.07 Å². The molecule has 1 heterocycles. The Morgan fingerprint density at radius 3 is 2.52 bits per heavy atom. The molecule has 27 heavy (non-hydrogen) atoms. The highest BCUT2D eigenvalue weighted by molar-refractivity contribution is 9.10. The SMILES string of the molecule is Cc1ccc(Br)cc1NC(=O)c1ccc(F)c(S(=O)(=O)N2CCCCC2)c1. The van der Waals surface area contributed by atoms with Crippen LogP contribution in [0.4, 0.5) is 10.1 Å². The molecule has 0 aromatic heterocycles. The fourth-order valence-electron chi connectivity index (χ4n) is 3.01. The van der Waals surface area contributed by atoms with Gasteiger partial charge in [0.1, 0.15) is 10.7 Å². The van der Waals surface area contributed by atoms with Crippen LogP contribution in [-0.2, 0) is 10.0 Å². The lowest BCUT2D eigenvalue weighted by Gasteiger charge is -2.26. The quantitative estimate of drug-likeness (QED) is 0.747. The van der Waals surface area contributed by atoms with Gasteiger partial charge in [0.2, 0.25) is 10.0 Å². The second kappa shape index (κ2) is 8.08. The van der Waals surface area contributed by atoms with Gasteiger partial charge in [0, 0.05) is 28.8 Å². The molecular formula is C19H20BrFN2O3S. The lowest BCUT2D eigenvalue weighted by Crippen LogP contribution is -2.36. The van der Waals surface area contributed by atoms with Crippen LogP contribution in [0.5, 0.6) is 0 Å². The van der Waals surface area contributed by atoms with Crippen LogP contribution in [0.15, 0.2) is 45.8 Å². The molecule has 1 amide bonds. The van der Waals surface area contributed by atoms with Crippen LogP contribution < -0.4 is 5.32 Å². The minimum atomic E-state index is -3.97. The van der Waals surface area contributed by atoms with Crippen molar-refractivity contribution in [2.24, 2.45) is 0 Å². The first-order valence-electron chi connectivity index (χ1n) is 8.66. The number of sulfonamides is 1. The number of carbonyl (C=O) groups is 1. The first-order valence-corrected chi connectivity index (χ1v) is 10.9. The smallest absolute Gasteiger partial charge is 0.255 e. The van der Waals surface area contributed by atoms with Gasteiger partial charge in [-0.15, -0.1) is 0 Å². The van der Waals surface area contributed by atoms with Crippen LogP contribution >= 0.6 is 15.9 Å². The van der Waals surface area contributed by atoms with Gasteiger partial charge >= 0.3 is 0 Å². The minimum absolute atomic E-state index is 0.0892. The lowest BCUT2D eigenvalue weighted by atomic mass is 10.1. The molecule has 2 aromatic carbocycles.